The van der Waals surface area contributed by atoms with Gasteiger partial charge in [0.05, 0.1) is 5.41 Å². The summed E-state index contributed by atoms with van der Waals surface area (Å²) in [5.41, 5.74) is 4.54. The Kier molecular flexibility index (Phi) is 3.28. The molecule has 1 rings (SSSR count). The van der Waals surface area contributed by atoms with Gasteiger partial charge in [-0.15, -0.1) is 5.73 Å². The fraction of sp³-hybridized carbons (Fsp3) is 0.182. The Balaban J connectivity index is 3.09. The highest BCUT2D eigenvalue weighted by Crippen LogP contribution is 2.10. The Morgan fingerprint density at radius 1 is 1.29 bits per heavy atom. The summed E-state index contributed by atoms with van der Waals surface area (Å²) >= 11 is 0. The van der Waals surface area contributed by atoms with Crippen molar-refractivity contribution in [3.05, 3.63) is 47.0 Å². The minimum atomic E-state index is -3.08. The van der Waals surface area contributed by atoms with Gasteiger partial charge in [0.1, 0.15) is 0 Å². The van der Waals surface area contributed by atoms with E-state index >= 15 is 0 Å². The standard InChI is InChI=1S/C11H12O2S/c1-10(8-9-14(2,12)13)11-6-4-3-5-7-11/h3-7,9H,1-2H3. The highest BCUT2D eigenvalue weighted by Gasteiger charge is 1.94. The van der Waals surface area contributed by atoms with Crippen LogP contribution in [0.25, 0.3) is 5.57 Å². The highest BCUT2D eigenvalue weighted by molar-refractivity contribution is 7.93. The molecule has 0 radical (unpaired) electrons. The number of hydrogen-bond acceptors (Lipinski definition) is 2. The number of benzene rings is 1. The van der Waals surface area contributed by atoms with E-state index in [2.05, 4.69) is 5.73 Å². The van der Waals surface area contributed by atoms with Gasteiger partial charge in [0.25, 0.3) is 0 Å². The lowest BCUT2D eigenvalue weighted by atomic mass is 10.1. The second-order valence-corrected chi connectivity index (χ2v) is 4.98. The van der Waals surface area contributed by atoms with Crippen LogP contribution in [-0.2, 0) is 9.84 Å². The Hall–Kier alpha value is -1.31. The molecule has 14 heavy (non-hydrogen) atoms. The number of hydrogen-bond donors (Lipinski definition) is 0. The minimum Gasteiger partial charge on any atom is -0.224 e. The van der Waals surface area contributed by atoms with Crippen LogP contribution in [0.15, 0.2) is 41.5 Å². The molecule has 0 N–H and O–H groups in total. The van der Waals surface area contributed by atoms with Crippen molar-refractivity contribution in [3.8, 4) is 0 Å². The summed E-state index contributed by atoms with van der Waals surface area (Å²) in [6, 6.07) is 9.55. The van der Waals surface area contributed by atoms with E-state index in [9.17, 15) is 8.42 Å². The molecule has 74 valence electrons. The Morgan fingerprint density at radius 2 is 1.86 bits per heavy atom. The molecule has 0 bridgehead atoms. The number of rotatable bonds is 2. The van der Waals surface area contributed by atoms with E-state index < -0.39 is 9.84 Å². The summed E-state index contributed by atoms with van der Waals surface area (Å²) in [4.78, 5) is 0. The maximum Gasteiger partial charge on any atom is 0.175 e. The monoisotopic (exact) mass is 208 g/mol. The number of sulfone groups is 1. The van der Waals surface area contributed by atoms with Gasteiger partial charge in [-0.25, -0.2) is 8.42 Å². The third-order valence-electron chi connectivity index (χ3n) is 1.70. The van der Waals surface area contributed by atoms with E-state index in [0.717, 1.165) is 22.8 Å². The van der Waals surface area contributed by atoms with Crippen molar-refractivity contribution < 1.29 is 8.42 Å². The van der Waals surface area contributed by atoms with Gasteiger partial charge in [0, 0.05) is 6.26 Å². The third kappa shape index (κ3) is 3.60. The van der Waals surface area contributed by atoms with Gasteiger partial charge in [0.2, 0.25) is 0 Å². The molecule has 0 aliphatic heterocycles. The molecule has 0 saturated carbocycles. The summed E-state index contributed by atoms with van der Waals surface area (Å²) in [7, 11) is -3.08. The van der Waals surface area contributed by atoms with Crippen molar-refractivity contribution >= 4 is 15.4 Å². The van der Waals surface area contributed by atoms with Crippen molar-refractivity contribution in [2.24, 2.45) is 0 Å². The van der Waals surface area contributed by atoms with Crippen LogP contribution in [0.2, 0.25) is 0 Å². The largest absolute Gasteiger partial charge is 0.224 e. The van der Waals surface area contributed by atoms with Gasteiger partial charge in [-0.05, 0) is 18.1 Å². The molecule has 0 aromatic heterocycles. The minimum absolute atomic E-state index is 0.816. The Morgan fingerprint density at radius 3 is 2.36 bits per heavy atom. The van der Waals surface area contributed by atoms with E-state index in [0.29, 0.717) is 0 Å². The first kappa shape index (κ1) is 10.8. The van der Waals surface area contributed by atoms with Crippen molar-refractivity contribution in [2.45, 2.75) is 6.92 Å². The first-order valence-corrected chi connectivity index (χ1v) is 6.13. The van der Waals surface area contributed by atoms with Crippen molar-refractivity contribution in [1.29, 1.82) is 0 Å². The van der Waals surface area contributed by atoms with Crippen molar-refractivity contribution in [1.82, 2.24) is 0 Å². The summed E-state index contributed by atoms with van der Waals surface area (Å²) < 4.78 is 21.7. The second-order valence-electron chi connectivity index (χ2n) is 3.08. The molecule has 1 aromatic carbocycles. The summed E-state index contributed by atoms with van der Waals surface area (Å²) in [6.07, 6.45) is 1.15. The van der Waals surface area contributed by atoms with Crippen LogP contribution in [0, 0.1) is 0 Å². The van der Waals surface area contributed by atoms with Gasteiger partial charge in [-0.3, -0.25) is 0 Å². The zero-order chi connectivity index (χ0) is 10.6. The number of allylic oxidation sites excluding steroid dienone is 1. The molecule has 0 aliphatic rings. The van der Waals surface area contributed by atoms with Crippen molar-refractivity contribution in [3.63, 3.8) is 0 Å². The van der Waals surface area contributed by atoms with Gasteiger partial charge < -0.3 is 0 Å². The van der Waals surface area contributed by atoms with Crippen LogP contribution in [0.4, 0.5) is 0 Å². The van der Waals surface area contributed by atoms with E-state index in [1.165, 1.54) is 0 Å². The molecule has 3 heteroatoms. The normalized spacial score (nSPS) is 10.4. The van der Waals surface area contributed by atoms with E-state index in [1.807, 2.05) is 37.3 Å². The van der Waals surface area contributed by atoms with Gasteiger partial charge in [-0.1, -0.05) is 30.3 Å². The molecule has 2 nitrogen and oxygen atoms in total. The van der Waals surface area contributed by atoms with Crippen LogP contribution in [0.3, 0.4) is 0 Å². The molecule has 0 aliphatic carbocycles. The average Bonchev–Trinajstić information content (AvgIpc) is 2.14. The molecule has 0 spiro atoms. The quantitative estimate of drug-likeness (QED) is 0.698. The molecular weight excluding hydrogens is 196 g/mol. The summed E-state index contributed by atoms with van der Waals surface area (Å²) in [5, 5.41) is 1.09. The zero-order valence-electron chi connectivity index (χ0n) is 8.19. The maximum atomic E-state index is 10.8. The first-order chi connectivity index (χ1) is 6.49. The molecule has 1 aromatic rings. The van der Waals surface area contributed by atoms with Gasteiger partial charge >= 0.3 is 0 Å². The van der Waals surface area contributed by atoms with Gasteiger partial charge in [-0.2, -0.15) is 0 Å². The zero-order valence-corrected chi connectivity index (χ0v) is 9.01. The average molecular weight is 208 g/mol. The van der Waals surface area contributed by atoms with Crippen molar-refractivity contribution in [2.75, 3.05) is 6.26 Å². The molecular formula is C11H12O2S. The molecule has 0 heterocycles. The highest BCUT2D eigenvalue weighted by atomic mass is 32.2. The lowest BCUT2D eigenvalue weighted by Gasteiger charge is -1.95. The van der Waals surface area contributed by atoms with E-state index in [4.69, 9.17) is 0 Å². The molecule has 0 amide bonds. The van der Waals surface area contributed by atoms with Crippen LogP contribution >= 0.6 is 0 Å². The molecule has 0 unspecified atom stereocenters. The van der Waals surface area contributed by atoms with Crippen LogP contribution < -0.4 is 0 Å². The molecule has 0 saturated heterocycles. The SMILES string of the molecule is CC(=C=CS(C)(=O)=O)c1ccccc1. The van der Waals surface area contributed by atoms with E-state index in [-0.39, 0.29) is 0 Å². The third-order valence-corrected chi connectivity index (χ3v) is 2.24. The lowest BCUT2D eigenvalue weighted by molar-refractivity contribution is 0.610. The smallest absolute Gasteiger partial charge is 0.175 e. The lowest BCUT2D eigenvalue weighted by Crippen LogP contribution is -1.86. The van der Waals surface area contributed by atoms with E-state index in [1.54, 1.807) is 0 Å². The predicted octanol–water partition coefficient (Wildman–Crippen LogP) is 2.25. The van der Waals surface area contributed by atoms with Crippen LogP contribution in [-0.4, -0.2) is 14.7 Å². The Labute approximate surface area is 84.5 Å². The summed E-state index contributed by atoms with van der Waals surface area (Å²) in [6.45, 7) is 1.83. The topological polar surface area (TPSA) is 34.1 Å². The fourth-order valence-corrected chi connectivity index (χ4v) is 1.36. The van der Waals surface area contributed by atoms with Gasteiger partial charge in [0.15, 0.2) is 9.84 Å². The molecule has 0 atom stereocenters. The first-order valence-electron chi connectivity index (χ1n) is 4.18. The molecule has 0 fully saturated rings. The van der Waals surface area contributed by atoms with Crippen LogP contribution in [0.1, 0.15) is 12.5 Å². The summed E-state index contributed by atoms with van der Waals surface area (Å²) in [5.74, 6) is 0. The Bertz CT molecular complexity index is 463. The fourth-order valence-electron chi connectivity index (χ4n) is 0.967. The second kappa shape index (κ2) is 4.27. The maximum absolute atomic E-state index is 10.8. The predicted molar refractivity (Wildman–Crippen MR) is 58.4 cm³/mol. The van der Waals surface area contributed by atoms with Crippen LogP contribution in [0.5, 0.6) is 0 Å².